The van der Waals surface area contributed by atoms with Crippen LogP contribution in [0.15, 0.2) is 90.1 Å². The Morgan fingerprint density at radius 2 is 1.55 bits per heavy atom. The van der Waals surface area contributed by atoms with Crippen LogP contribution in [0.2, 0.25) is 0 Å². The van der Waals surface area contributed by atoms with E-state index in [2.05, 4.69) is 45.1 Å². The zero-order valence-corrected chi connectivity index (χ0v) is 18.3. The monoisotopic (exact) mass is 430 g/mol. The molecule has 1 aromatic heterocycles. The lowest BCUT2D eigenvalue weighted by Crippen LogP contribution is -2.20. The summed E-state index contributed by atoms with van der Waals surface area (Å²) in [5, 5.41) is 9.86. The fraction of sp³-hybridized carbons (Fsp3) is 0.200. The molecule has 0 radical (unpaired) electrons. The maximum absolute atomic E-state index is 6.59. The molecule has 31 heavy (non-hydrogen) atoms. The van der Waals surface area contributed by atoms with Crippen LogP contribution in [0, 0.1) is 0 Å². The van der Waals surface area contributed by atoms with Gasteiger partial charge in [0.15, 0.2) is 11.0 Å². The van der Waals surface area contributed by atoms with E-state index in [9.17, 15) is 0 Å². The number of nitrogens with two attached hydrogens (primary N) is 1. The Morgan fingerprint density at radius 1 is 0.871 bits per heavy atom. The molecular formula is C25H26N4OS. The van der Waals surface area contributed by atoms with E-state index in [1.165, 1.54) is 16.7 Å². The summed E-state index contributed by atoms with van der Waals surface area (Å²) < 4.78 is 7.49. The van der Waals surface area contributed by atoms with Gasteiger partial charge < -0.3 is 15.0 Å². The van der Waals surface area contributed by atoms with Crippen LogP contribution in [0.3, 0.4) is 0 Å². The van der Waals surface area contributed by atoms with E-state index in [0.717, 1.165) is 22.5 Å². The maximum atomic E-state index is 6.59. The van der Waals surface area contributed by atoms with Gasteiger partial charge in [0.2, 0.25) is 0 Å². The second kappa shape index (κ2) is 10.3. The van der Waals surface area contributed by atoms with Crippen LogP contribution in [-0.2, 0) is 18.7 Å². The van der Waals surface area contributed by atoms with E-state index in [-0.39, 0.29) is 6.04 Å². The maximum Gasteiger partial charge on any atom is 0.191 e. The molecule has 0 fully saturated rings. The fourth-order valence-electron chi connectivity index (χ4n) is 3.47. The summed E-state index contributed by atoms with van der Waals surface area (Å²) in [6, 6.07) is 28.5. The highest BCUT2D eigenvalue weighted by molar-refractivity contribution is 7.98. The van der Waals surface area contributed by atoms with Crippen LogP contribution < -0.4 is 10.5 Å². The molecule has 0 saturated carbocycles. The zero-order valence-electron chi connectivity index (χ0n) is 17.5. The van der Waals surface area contributed by atoms with Crippen LogP contribution in [0.1, 0.15) is 28.6 Å². The number of aromatic nitrogens is 3. The Kier molecular flexibility index (Phi) is 7.02. The summed E-state index contributed by atoms with van der Waals surface area (Å²) in [5.41, 5.74) is 10.1. The van der Waals surface area contributed by atoms with E-state index < -0.39 is 0 Å². The third-order valence-electron chi connectivity index (χ3n) is 5.06. The topological polar surface area (TPSA) is 66.0 Å². The van der Waals surface area contributed by atoms with Gasteiger partial charge in [-0.3, -0.25) is 0 Å². The van der Waals surface area contributed by atoms with Crippen molar-refractivity contribution >= 4 is 11.8 Å². The number of nitrogens with zero attached hydrogens (tertiary/aromatic N) is 3. The first kappa shape index (κ1) is 21.2. The smallest absolute Gasteiger partial charge is 0.191 e. The van der Waals surface area contributed by atoms with Crippen molar-refractivity contribution in [2.24, 2.45) is 5.73 Å². The van der Waals surface area contributed by atoms with E-state index in [1.54, 1.807) is 18.9 Å². The number of methoxy groups -OCH3 is 1. The highest BCUT2D eigenvalue weighted by atomic mass is 32.2. The van der Waals surface area contributed by atoms with Gasteiger partial charge in [-0.25, -0.2) is 0 Å². The largest absolute Gasteiger partial charge is 0.497 e. The van der Waals surface area contributed by atoms with Crippen LogP contribution >= 0.6 is 11.8 Å². The second-order valence-corrected chi connectivity index (χ2v) is 8.29. The normalized spacial score (nSPS) is 11.9. The number of ether oxygens (including phenoxy) is 1. The van der Waals surface area contributed by atoms with Crippen molar-refractivity contribution in [1.82, 2.24) is 14.8 Å². The lowest BCUT2D eigenvalue weighted by molar-refractivity contribution is 0.414. The van der Waals surface area contributed by atoms with Crippen LogP contribution in [-0.4, -0.2) is 21.9 Å². The van der Waals surface area contributed by atoms with Gasteiger partial charge in [-0.2, -0.15) is 0 Å². The Labute approximate surface area is 187 Å². The van der Waals surface area contributed by atoms with Crippen molar-refractivity contribution in [1.29, 1.82) is 0 Å². The molecule has 2 N–H and O–H groups in total. The third-order valence-corrected chi connectivity index (χ3v) is 6.10. The van der Waals surface area contributed by atoms with Gasteiger partial charge in [0.05, 0.1) is 19.7 Å². The number of benzene rings is 3. The van der Waals surface area contributed by atoms with Crippen LogP contribution in [0.5, 0.6) is 5.75 Å². The van der Waals surface area contributed by atoms with E-state index in [0.29, 0.717) is 13.0 Å². The first-order valence-corrected chi connectivity index (χ1v) is 11.2. The molecule has 1 heterocycles. The van der Waals surface area contributed by atoms with Gasteiger partial charge in [-0.15, -0.1) is 10.2 Å². The molecule has 0 amide bonds. The van der Waals surface area contributed by atoms with E-state index in [1.807, 2.05) is 54.6 Å². The molecule has 4 aromatic rings. The third kappa shape index (κ3) is 5.54. The number of rotatable bonds is 9. The minimum absolute atomic E-state index is 0.232. The van der Waals surface area contributed by atoms with Crippen molar-refractivity contribution in [3.8, 4) is 5.75 Å². The van der Waals surface area contributed by atoms with Gasteiger partial charge in [-0.05, 0) is 35.2 Å². The van der Waals surface area contributed by atoms with Crippen LogP contribution in [0.25, 0.3) is 0 Å². The predicted molar refractivity (Wildman–Crippen MR) is 125 cm³/mol. The molecule has 0 bridgehead atoms. The molecule has 0 saturated heterocycles. The molecule has 0 aliphatic rings. The first-order valence-electron chi connectivity index (χ1n) is 10.2. The predicted octanol–water partition coefficient (Wildman–Crippen LogP) is 4.87. The Bertz CT molecular complexity index is 1100. The summed E-state index contributed by atoms with van der Waals surface area (Å²) in [6.07, 6.45) is 0.717. The quantitative estimate of drug-likeness (QED) is 0.384. The highest BCUT2D eigenvalue weighted by Gasteiger charge is 2.19. The average molecular weight is 431 g/mol. The van der Waals surface area contributed by atoms with Crippen LogP contribution in [0.4, 0.5) is 0 Å². The van der Waals surface area contributed by atoms with E-state index in [4.69, 9.17) is 10.5 Å². The Balaban J connectivity index is 1.58. The van der Waals surface area contributed by atoms with Gasteiger partial charge in [0.1, 0.15) is 5.75 Å². The van der Waals surface area contributed by atoms with Gasteiger partial charge in [0.25, 0.3) is 0 Å². The Hall–Kier alpha value is -3.09. The zero-order chi connectivity index (χ0) is 21.5. The SMILES string of the molecule is COc1cccc(CSc2nnc([C@@H](N)Cc3ccccc3)n2Cc2ccccc2)c1. The molecule has 3 aromatic carbocycles. The standard InChI is InChI=1S/C25H26N4OS/c1-30-22-14-8-13-21(15-22)18-31-25-28-27-24(23(26)16-19-9-4-2-5-10-19)29(25)17-20-11-6-3-7-12-20/h2-15,23H,16-18,26H2,1H3/t23-/m0/s1. The second-order valence-electron chi connectivity index (χ2n) is 7.35. The lowest BCUT2D eigenvalue weighted by atomic mass is 10.1. The summed E-state index contributed by atoms with van der Waals surface area (Å²) in [7, 11) is 1.68. The summed E-state index contributed by atoms with van der Waals surface area (Å²) in [6.45, 7) is 0.687. The first-order chi connectivity index (χ1) is 15.2. The molecule has 0 spiro atoms. The molecule has 6 heteroatoms. The molecule has 158 valence electrons. The lowest BCUT2D eigenvalue weighted by Gasteiger charge is -2.15. The van der Waals surface area contributed by atoms with Crippen molar-refractivity contribution in [2.75, 3.05) is 7.11 Å². The summed E-state index contributed by atoms with van der Waals surface area (Å²) in [4.78, 5) is 0. The van der Waals surface area contributed by atoms with Crippen molar-refractivity contribution in [3.63, 3.8) is 0 Å². The van der Waals surface area contributed by atoms with Crippen molar-refractivity contribution < 1.29 is 4.74 Å². The minimum atomic E-state index is -0.232. The van der Waals surface area contributed by atoms with Gasteiger partial charge in [0, 0.05) is 5.75 Å². The molecule has 4 rings (SSSR count). The van der Waals surface area contributed by atoms with Crippen molar-refractivity contribution in [3.05, 3.63) is 107 Å². The molecule has 0 aliphatic heterocycles. The molecule has 0 aliphatic carbocycles. The minimum Gasteiger partial charge on any atom is -0.497 e. The van der Waals surface area contributed by atoms with Crippen molar-refractivity contribution in [2.45, 2.75) is 29.9 Å². The number of hydrogen-bond donors (Lipinski definition) is 1. The molecule has 5 nitrogen and oxygen atoms in total. The van der Waals surface area contributed by atoms with Gasteiger partial charge >= 0.3 is 0 Å². The molecule has 1 atom stereocenters. The molecule has 0 unspecified atom stereocenters. The van der Waals surface area contributed by atoms with Gasteiger partial charge in [-0.1, -0.05) is 84.6 Å². The average Bonchev–Trinajstić information content (AvgIpc) is 3.21. The summed E-state index contributed by atoms with van der Waals surface area (Å²) >= 11 is 1.66. The highest BCUT2D eigenvalue weighted by Crippen LogP contribution is 2.27. The fourth-order valence-corrected chi connectivity index (χ4v) is 4.35. The Morgan fingerprint density at radius 3 is 2.26 bits per heavy atom. The number of hydrogen-bond acceptors (Lipinski definition) is 5. The number of thioether (sulfide) groups is 1. The molecular weight excluding hydrogens is 404 g/mol. The van der Waals surface area contributed by atoms with E-state index >= 15 is 0 Å². The summed E-state index contributed by atoms with van der Waals surface area (Å²) in [5.74, 6) is 2.44.